The van der Waals surface area contributed by atoms with Crippen LogP contribution in [0.1, 0.15) is 26.7 Å². The summed E-state index contributed by atoms with van der Waals surface area (Å²) in [4.78, 5) is 14.3. The van der Waals surface area contributed by atoms with E-state index in [1.807, 2.05) is 0 Å². The molecule has 5 heteroatoms. The first-order valence-corrected chi connectivity index (χ1v) is 7.31. The van der Waals surface area contributed by atoms with Crippen molar-refractivity contribution in [3.8, 4) is 0 Å². The summed E-state index contributed by atoms with van der Waals surface area (Å²) in [6.07, 6.45) is 1.70. The predicted molar refractivity (Wildman–Crippen MR) is 83.9 cm³/mol. The van der Waals surface area contributed by atoms with Crippen LogP contribution in [0, 0.1) is 5.41 Å². The molecule has 1 aromatic carbocycles. The van der Waals surface area contributed by atoms with Crippen LogP contribution in [0.15, 0.2) is 18.2 Å². The van der Waals surface area contributed by atoms with Gasteiger partial charge in [-0.25, -0.2) is 0 Å². The third kappa shape index (κ3) is 4.12. The summed E-state index contributed by atoms with van der Waals surface area (Å²) in [5.74, 6) is 0.0106. The lowest BCUT2D eigenvalue weighted by molar-refractivity contribution is -0.116. The Kier molecular flexibility index (Phi) is 4.55. The Balaban J connectivity index is 1.79. The number of rotatable bonds is 4. The molecule has 0 saturated carbocycles. The van der Waals surface area contributed by atoms with E-state index in [1.165, 1.54) is 6.42 Å². The highest BCUT2D eigenvalue weighted by molar-refractivity contribution is 6.33. The van der Waals surface area contributed by atoms with Crippen LogP contribution < -0.4 is 11.1 Å². The van der Waals surface area contributed by atoms with Crippen LogP contribution in [0.4, 0.5) is 11.4 Å². The summed E-state index contributed by atoms with van der Waals surface area (Å²) in [6.45, 7) is 7.48. The molecular formula is C15H22ClN3O. The molecule has 1 saturated heterocycles. The van der Waals surface area contributed by atoms with E-state index >= 15 is 0 Å². The maximum Gasteiger partial charge on any atom is 0.225 e. The molecule has 2 rings (SSSR count). The van der Waals surface area contributed by atoms with Crippen molar-refractivity contribution in [3.63, 3.8) is 0 Å². The first-order valence-electron chi connectivity index (χ1n) is 6.93. The number of anilines is 2. The molecular weight excluding hydrogens is 274 g/mol. The normalized spacial score (nSPS) is 18.1. The number of hydrogen-bond donors (Lipinski definition) is 2. The minimum absolute atomic E-state index is 0.0106. The second kappa shape index (κ2) is 6.02. The zero-order valence-corrected chi connectivity index (χ0v) is 12.8. The smallest absolute Gasteiger partial charge is 0.225 e. The van der Waals surface area contributed by atoms with Gasteiger partial charge in [-0.3, -0.25) is 4.79 Å². The molecule has 1 aliphatic rings. The molecule has 3 N–H and O–H groups in total. The van der Waals surface area contributed by atoms with Crippen LogP contribution in [0.25, 0.3) is 0 Å². The number of hydrogen-bond acceptors (Lipinski definition) is 3. The van der Waals surface area contributed by atoms with Gasteiger partial charge in [-0.15, -0.1) is 0 Å². The number of nitrogens with zero attached hydrogens (tertiary/aromatic N) is 1. The number of benzene rings is 1. The number of nitrogen functional groups attached to an aromatic ring is 1. The lowest BCUT2D eigenvalue weighted by atomic mass is 9.93. The highest BCUT2D eigenvalue weighted by atomic mass is 35.5. The Labute approximate surface area is 125 Å². The second-order valence-electron chi connectivity index (χ2n) is 6.22. The van der Waals surface area contributed by atoms with E-state index in [-0.39, 0.29) is 5.91 Å². The minimum Gasteiger partial charge on any atom is -0.397 e. The summed E-state index contributed by atoms with van der Waals surface area (Å²) in [5.41, 5.74) is 7.26. The molecule has 20 heavy (non-hydrogen) atoms. The van der Waals surface area contributed by atoms with Crippen molar-refractivity contribution in [2.75, 3.05) is 30.7 Å². The summed E-state index contributed by atoms with van der Waals surface area (Å²) in [5, 5.41) is 3.35. The average Bonchev–Trinajstić information content (AvgIpc) is 2.71. The van der Waals surface area contributed by atoms with E-state index < -0.39 is 0 Å². The molecule has 0 aliphatic carbocycles. The lowest BCUT2D eigenvalue weighted by Crippen LogP contribution is -2.27. The predicted octanol–water partition coefficient (Wildman–Crippen LogP) is 2.98. The van der Waals surface area contributed by atoms with Gasteiger partial charge in [0.05, 0.1) is 10.7 Å². The van der Waals surface area contributed by atoms with Gasteiger partial charge in [0.1, 0.15) is 0 Å². The summed E-state index contributed by atoms with van der Waals surface area (Å²) in [7, 11) is 0. The monoisotopic (exact) mass is 295 g/mol. The first-order chi connectivity index (χ1) is 9.35. The van der Waals surface area contributed by atoms with Crippen LogP contribution in [0.2, 0.25) is 5.02 Å². The van der Waals surface area contributed by atoms with Crippen LogP contribution in [-0.4, -0.2) is 30.4 Å². The van der Waals surface area contributed by atoms with Gasteiger partial charge < -0.3 is 16.0 Å². The molecule has 1 fully saturated rings. The SMILES string of the molecule is CC1(C)CCN(CCC(=O)Nc2ccc(Cl)c(N)c2)C1. The maximum absolute atomic E-state index is 11.9. The highest BCUT2D eigenvalue weighted by Crippen LogP contribution is 2.28. The molecule has 0 spiro atoms. The van der Waals surface area contributed by atoms with Gasteiger partial charge in [-0.2, -0.15) is 0 Å². The van der Waals surface area contributed by atoms with Gasteiger partial charge in [0.15, 0.2) is 0 Å². The van der Waals surface area contributed by atoms with Crippen LogP contribution >= 0.6 is 11.6 Å². The van der Waals surface area contributed by atoms with Gasteiger partial charge in [-0.1, -0.05) is 25.4 Å². The van der Waals surface area contributed by atoms with Crippen molar-refractivity contribution in [1.82, 2.24) is 4.90 Å². The molecule has 0 bridgehead atoms. The van der Waals surface area contributed by atoms with E-state index in [4.69, 9.17) is 17.3 Å². The van der Waals surface area contributed by atoms with Gasteiger partial charge in [0.2, 0.25) is 5.91 Å². The highest BCUT2D eigenvalue weighted by Gasteiger charge is 2.28. The standard InChI is InChI=1S/C15H22ClN3O/c1-15(2)6-8-19(10-15)7-5-14(20)18-11-3-4-12(16)13(17)9-11/h3-4,9H,5-8,10,17H2,1-2H3,(H,18,20). The molecule has 0 unspecified atom stereocenters. The third-order valence-corrected chi connectivity index (χ3v) is 4.04. The number of halogens is 1. The molecule has 0 aromatic heterocycles. The maximum atomic E-state index is 11.9. The van der Waals surface area contributed by atoms with E-state index in [1.54, 1.807) is 18.2 Å². The zero-order valence-electron chi connectivity index (χ0n) is 12.1. The molecule has 1 heterocycles. The summed E-state index contributed by atoms with van der Waals surface area (Å²) >= 11 is 5.85. The van der Waals surface area contributed by atoms with Gasteiger partial charge >= 0.3 is 0 Å². The van der Waals surface area contributed by atoms with Crippen molar-refractivity contribution in [2.24, 2.45) is 5.41 Å². The van der Waals surface area contributed by atoms with Gasteiger partial charge in [0.25, 0.3) is 0 Å². The second-order valence-corrected chi connectivity index (χ2v) is 6.63. The Morgan fingerprint density at radius 3 is 2.85 bits per heavy atom. The summed E-state index contributed by atoms with van der Waals surface area (Å²) in [6, 6.07) is 5.13. The molecule has 110 valence electrons. The third-order valence-electron chi connectivity index (χ3n) is 3.69. The number of nitrogens with one attached hydrogen (secondary N) is 1. The van der Waals surface area contributed by atoms with E-state index in [9.17, 15) is 4.79 Å². The number of nitrogens with two attached hydrogens (primary N) is 1. The summed E-state index contributed by atoms with van der Waals surface area (Å²) < 4.78 is 0. The Morgan fingerprint density at radius 1 is 1.50 bits per heavy atom. The lowest BCUT2D eigenvalue weighted by Gasteiger charge is -2.19. The molecule has 1 aliphatic heterocycles. The molecule has 1 aromatic rings. The van der Waals surface area contributed by atoms with Crippen molar-refractivity contribution in [3.05, 3.63) is 23.2 Å². The fraction of sp³-hybridized carbons (Fsp3) is 0.533. The van der Waals surface area contributed by atoms with Gasteiger partial charge in [-0.05, 0) is 36.6 Å². The molecule has 1 amide bonds. The molecule has 0 radical (unpaired) electrons. The topological polar surface area (TPSA) is 58.4 Å². The average molecular weight is 296 g/mol. The van der Waals surface area contributed by atoms with E-state index in [0.29, 0.717) is 28.2 Å². The van der Waals surface area contributed by atoms with Crippen molar-refractivity contribution in [2.45, 2.75) is 26.7 Å². The largest absolute Gasteiger partial charge is 0.397 e. The number of likely N-dealkylation sites (tertiary alicyclic amines) is 1. The van der Waals surface area contributed by atoms with Crippen molar-refractivity contribution < 1.29 is 4.79 Å². The van der Waals surface area contributed by atoms with Crippen LogP contribution in [0.5, 0.6) is 0 Å². The minimum atomic E-state index is 0.0106. The quantitative estimate of drug-likeness (QED) is 0.840. The van der Waals surface area contributed by atoms with Crippen molar-refractivity contribution >= 4 is 28.9 Å². The molecule has 0 atom stereocenters. The Hall–Kier alpha value is -1.26. The number of amides is 1. The van der Waals surface area contributed by atoms with Crippen molar-refractivity contribution in [1.29, 1.82) is 0 Å². The molecule has 4 nitrogen and oxygen atoms in total. The number of carbonyl (C=O) groups is 1. The van der Waals surface area contributed by atoms with Crippen LogP contribution in [-0.2, 0) is 4.79 Å². The fourth-order valence-electron chi connectivity index (χ4n) is 2.52. The van der Waals surface area contributed by atoms with E-state index in [0.717, 1.165) is 19.6 Å². The van der Waals surface area contributed by atoms with E-state index in [2.05, 4.69) is 24.1 Å². The first kappa shape index (κ1) is 15.1. The van der Waals surface area contributed by atoms with Gasteiger partial charge in [0, 0.05) is 25.2 Å². The Bertz CT molecular complexity index is 502. The van der Waals surface area contributed by atoms with Crippen LogP contribution in [0.3, 0.4) is 0 Å². The Morgan fingerprint density at radius 2 is 2.25 bits per heavy atom. The number of carbonyl (C=O) groups excluding carboxylic acids is 1. The zero-order chi connectivity index (χ0) is 14.8. The fourth-order valence-corrected chi connectivity index (χ4v) is 2.64.